The van der Waals surface area contributed by atoms with Crippen LogP contribution >= 0.6 is 23.4 Å². The Morgan fingerprint density at radius 3 is 2.45 bits per heavy atom. The van der Waals surface area contributed by atoms with Crippen molar-refractivity contribution in [3.8, 4) is 0 Å². The van der Waals surface area contributed by atoms with Crippen LogP contribution in [0, 0.1) is 0 Å². The molecular formula is C19H21ClSSe. The monoisotopic (exact) mass is 396 g/mol. The van der Waals surface area contributed by atoms with Gasteiger partial charge in [-0.25, -0.2) is 0 Å². The first kappa shape index (κ1) is 17.7. The second kappa shape index (κ2) is 10.2. The summed E-state index contributed by atoms with van der Waals surface area (Å²) in [6.07, 6.45) is 5.02. The molecule has 0 unspecified atom stereocenters. The summed E-state index contributed by atoms with van der Waals surface area (Å²) in [5.74, 6) is 0. The fraction of sp³-hybridized carbons (Fsp3) is 0.263. The normalized spacial score (nSPS) is 11.6. The number of allylic oxidation sites excluding steroid dienone is 1. The molecule has 0 fully saturated rings. The van der Waals surface area contributed by atoms with E-state index in [4.69, 9.17) is 11.6 Å². The molecule has 0 aliphatic rings. The van der Waals surface area contributed by atoms with Crippen LogP contribution in [0.15, 0.2) is 69.4 Å². The van der Waals surface area contributed by atoms with Crippen molar-refractivity contribution in [2.75, 3.05) is 0 Å². The van der Waals surface area contributed by atoms with Crippen molar-refractivity contribution in [3.63, 3.8) is 0 Å². The summed E-state index contributed by atoms with van der Waals surface area (Å²) in [4.78, 5) is 5.20. The van der Waals surface area contributed by atoms with Gasteiger partial charge in [-0.1, -0.05) is 0 Å². The first-order valence-electron chi connectivity index (χ1n) is 7.62. The van der Waals surface area contributed by atoms with Crippen LogP contribution in [0.2, 0.25) is 5.02 Å². The Morgan fingerprint density at radius 2 is 1.77 bits per heavy atom. The molecule has 0 radical (unpaired) electrons. The Balaban J connectivity index is 2.02. The van der Waals surface area contributed by atoms with Gasteiger partial charge < -0.3 is 0 Å². The summed E-state index contributed by atoms with van der Waals surface area (Å²) < 4.78 is 1.43. The molecule has 0 N–H and O–H groups in total. The molecule has 2 rings (SSSR count). The maximum absolute atomic E-state index is 5.97. The molecule has 0 atom stereocenters. The molecular weight excluding hydrogens is 375 g/mol. The third-order valence-electron chi connectivity index (χ3n) is 3.16. The molecule has 0 aliphatic heterocycles. The number of thioether (sulfide) groups is 1. The van der Waals surface area contributed by atoms with Crippen LogP contribution in [0.4, 0.5) is 0 Å². The standard InChI is InChI=1S/C19H21ClSSe/c1-2-3-5-8-18(15-22-19-9-6-4-7-10-19)21-17-13-11-16(20)12-14-17/h4,6-7,9-15H,2-3,5,8H2,1H3/b18-15-. The second-order valence-corrected chi connectivity index (χ2v) is 8.64. The molecule has 22 heavy (non-hydrogen) atoms. The predicted molar refractivity (Wildman–Crippen MR) is 101 cm³/mol. The van der Waals surface area contributed by atoms with Gasteiger partial charge in [0.05, 0.1) is 0 Å². The number of halogens is 1. The van der Waals surface area contributed by atoms with Gasteiger partial charge in [0.25, 0.3) is 0 Å². The molecule has 0 amide bonds. The number of rotatable bonds is 8. The van der Waals surface area contributed by atoms with Crippen LogP contribution in [0.5, 0.6) is 0 Å². The van der Waals surface area contributed by atoms with E-state index in [1.165, 1.54) is 39.9 Å². The van der Waals surface area contributed by atoms with E-state index in [2.05, 4.69) is 54.4 Å². The van der Waals surface area contributed by atoms with E-state index >= 15 is 0 Å². The minimum atomic E-state index is 0.405. The van der Waals surface area contributed by atoms with E-state index < -0.39 is 0 Å². The van der Waals surface area contributed by atoms with E-state index in [0.29, 0.717) is 15.0 Å². The molecule has 0 saturated carbocycles. The number of hydrogen-bond donors (Lipinski definition) is 0. The van der Waals surface area contributed by atoms with Crippen molar-refractivity contribution >= 4 is 42.8 Å². The van der Waals surface area contributed by atoms with E-state index in [1.807, 2.05) is 23.9 Å². The topological polar surface area (TPSA) is 0 Å². The van der Waals surface area contributed by atoms with Crippen LogP contribution in [0.1, 0.15) is 32.6 Å². The van der Waals surface area contributed by atoms with Crippen molar-refractivity contribution < 1.29 is 0 Å². The second-order valence-electron chi connectivity index (χ2n) is 5.03. The van der Waals surface area contributed by atoms with Gasteiger partial charge in [0.15, 0.2) is 0 Å². The molecule has 2 aromatic rings. The Labute approximate surface area is 149 Å². The van der Waals surface area contributed by atoms with Gasteiger partial charge in [-0.3, -0.25) is 0 Å². The fourth-order valence-electron chi connectivity index (χ4n) is 1.97. The molecule has 0 aromatic heterocycles. The third-order valence-corrected chi connectivity index (χ3v) is 6.83. The van der Waals surface area contributed by atoms with Gasteiger partial charge in [0, 0.05) is 0 Å². The van der Waals surface area contributed by atoms with E-state index in [9.17, 15) is 0 Å². The van der Waals surface area contributed by atoms with Crippen molar-refractivity contribution in [1.82, 2.24) is 0 Å². The van der Waals surface area contributed by atoms with Crippen molar-refractivity contribution in [1.29, 1.82) is 0 Å². The molecule has 0 bridgehead atoms. The first-order valence-corrected chi connectivity index (χ1v) is 10.7. The van der Waals surface area contributed by atoms with Crippen molar-refractivity contribution in [2.24, 2.45) is 0 Å². The summed E-state index contributed by atoms with van der Waals surface area (Å²) in [5, 5.41) is 0.800. The van der Waals surface area contributed by atoms with E-state index in [1.54, 1.807) is 0 Å². The Hall–Kier alpha value is -0.661. The molecule has 3 heteroatoms. The van der Waals surface area contributed by atoms with Gasteiger partial charge in [-0.2, -0.15) is 0 Å². The Morgan fingerprint density at radius 1 is 1.05 bits per heavy atom. The van der Waals surface area contributed by atoms with Crippen LogP contribution in [0.3, 0.4) is 0 Å². The fourth-order valence-corrected chi connectivity index (χ4v) is 4.99. The zero-order valence-electron chi connectivity index (χ0n) is 12.8. The van der Waals surface area contributed by atoms with Gasteiger partial charge in [-0.05, 0) is 0 Å². The molecule has 0 spiro atoms. The van der Waals surface area contributed by atoms with Gasteiger partial charge in [0.1, 0.15) is 0 Å². The van der Waals surface area contributed by atoms with Crippen LogP contribution < -0.4 is 4.46 Å². The zero-order valence-corrected chi connectivity index (χ0v) is 16.1. The zero-order chi connectivity index (χ0) is 15.6. The summed E-state index contributed by atoms with van der Waals surface area (Å²) in [6.45, 7) is 2.25. The SMILES string of the molecule is CCCCC/C(=C/[Se]c1ccccc1)Sc1ccc(Cl)cc1. The molecule has 0 aliphatic carbocycles. The number of hydrogen-bond acceptors (Lipinski definition) is 1. The van der Waals surface area contributed by atoms with Crippen LogP contribution in [-0.2, 0) is 0 Å². The minimum absolute atomic E-state index is 0.405. The first-order chi connectivity index (χ1) is 10.8. The molecule has 0 nitrogen and oxygen atoms in total. The third kappa shape index (κ3) is 6.62. The average molecular weight is 396 g/mol. The average Bonchev–Trinajstić information content (AvgIpc) is 2.55. The number of unbranched alkanes of at least 4 members (excludes halogenated alkanes) is 2. The summed E-state index contributed by atoms with van der Waals surface area (Å²) >= 11 is 8.26. The molecule has 2 aromatic carbocycles. The van der Waals surface area contributed by atoms with Gasteiger partial charge in [0.2, 0.25) is 0 Å². The molecule has 116 valence electrons. The van der Waals surface area contributed by atoms with Crippen LogP contribution in [-0.4, -0.2) is 15.0 Å². The Bertz CT molecular complexity index is 578. The summed E-state index contributed by atoms with van der Waals surface area (Å²) in [5.41, 5.74) is 0. The van der Waals surface area contributed by atoms with Gasteiger partial charge in [-0.15, -0.1) is 0 Å². The Kier molecular flexibility index (Phi) is 8.18. The summed E-state index contributed by atoms with van der Waals surface area (Å²) in [6, 6.07) is 18.9. The molecule has 0 saturated heterocycles. The summed E-state index contributed by atoms with van der Waals surface area (Å²) in [7, 11) is 0. The van der Waals surface area contributed by atoms with E-state index in [-0.39, 0.29) is 0 Å². The quantitative estimate of drug-likeness (QED) is 0.305. The molecule has 0 heterocycles. The van der Waals surface area contributed by atoms with Gasteiger partial charge >= 0.3 is 150 Å². The van der Waals surface area contributed by atoms with Crippen molar-refractivity contribution in [2.45, 2.75) is 37.5 Å². The van der Waals surface area contributed by atoms with Crippen LogP contribution in [0.25, 0.3) is 0 Å². The predicted octanol–water partition coefficient (Wildman–Crippen LogP) is 5.88. The number of benzene rings is 2. The van der Waals surface area contributed by atoms with E-state index in [0.717, 1.165) is 5.02 Å². The van der Waals surface area contributed by atoms with Crippen molar-refractivity contribution in [3.05, 3.63) is 69.5 Å². The maximum atomic E-state index is 5.97.